The van der Waals surface area contributed by atoms with E-state index in [0.29, 0.717) is 30.7 Å². The highest BCUT2D eigenvalue weighted by Crippen LogP contribution is 2.38. The summed E-state index contributed by atoms with van der Waals surface area (Å²) in [6, 6.07) is 12.9. The molecule has 0 bridgehead atoms. The minimum atomic E-state index is -0.404. The molecule has 1 aliphatic heterocycles. The molecular formula is C21H12Br2N2O3S. The Balaban J connectivity index is 1.81. The molecule has 0 aliphatic carbocycles. The number of benzene rings is 2. The predicted molar refractivity (Wildman–Crippen MR) is 119 cm³/mol. The summed E-state index contributed by atoms with van der Waals surface area (Å²) in [6.45, 7) is 0.178. The number of halogens is 2. The van der Waals surface area contributed by atoms with Crippen LogP contribution in [0.2, 0.25) is 0 Å². The SMILES string of the molecule is C#CCN1C(=O)SC(=Cc2cc(Br)c(OCc3ccccc3C#N)c(Br)c2)C1=O. The van der Waals surface area contributed by atoms with Gasteiger partial charge in [0.25, 0.3) is 11.1 Å². The van der Waals surface area contributed by atoms with E-state index in [9.17, 15) is 14.9 Å². The third kappa shape index (κ3) is 4.73. The number of rotatable bonds is 5. The van der Waals surface area contributed by atoms with Gasteiger partial charge in [0.15, 0.2) is 0 Å². The van der Waals surface area contributed by atoms with Gasteiger partial charge in [0.2, 0.25) is 0 Å². The van der Waals surface area contributed by atoms with E-state index >= 15 is 0 Å². The summed E-state index contributed by atoms with van der Waals surface area (Å²) in [5.74, 6) is 2.47. The van der Waals surface area contributed by atoms with Crippen LogP contribution in [0.1, 0.15) is 16.7 Å². The lowest BCUT2D eigenvalue weighted by molar-refractivity contribution is -0.122. The number of nitriles is 1. The van der Waals surface area contributed by atoms with Crippen LogP contribution in [-0.2, 0) is 11.4 Å². The van der Waals surface area contributed by atoms with Crippen molar-refractivity contribution in [3.8, 4) is 24.2 Å². The second kappa shape index (κ2) is 9.32. The van der Waals surface area contributed by atoms with Gasteiger partial charge in [-0.05, 0) is 73.5 Å². The summed E-state index contributed by atoms with van der Waals surface area (Å²) in [7, 11) is 0. The quantitative estimate of drug-likeness (QED) is 0.385. The Morgan fingerprint density at radius 3 is 2.55 bits per heavy atom. The van der Waals surface area contributed by atoms with Gasteiger partial charge < -0.3 is 4.74 Å². The molecule has 0 spiro atoms. The average molecular weight is 532 g/mol. The number of amides is 2. The maximum atomic E-state index is 12.3. The average Bonchev–Trinajstić information content (AvgIpc) is 2.95. The lowest BCUT2D eigenvalue weighted by atomic mass is 10.1. The molecule has 8 heteroatoms. The number of thioether (sulfide) groups is 1. The molecule has 5 nitrogen and oxygen atoms in total. The number of terminal acetylenes is 1. The molecule has 1 heterocycles. The molecule has 1 saturated heterocycles. The summed E-state index contributed by atoms with van der Waals surface area (Å²) in [6.07, 6.45) is 6.84. The number of imide groups is 1. The van der Waals surface area contributed by atoms with Crippen molar-refractivity contribution in [3.05, 3.63) is 66.9 Å². The first-order chi connectivity index (χ1) is 13.9. The third-order valence-corrected chi connectivity index (χ3v) is 6.04. The largest absolute Gasteiger partial charge is 0.486 e. The summed E-state index contributed by atoms with van der Waals surface area (Å²) < 4.78 is 7.21. The lowest BCUT2D eigenvalue weighted by Crippen LogP contribution is -2.28. The highest BCUT2D eigenvalue weighted by Gasteiger charge is 2.34. The number of ether oxygens (including phenoxy) is 1. The lowest BCUT2D eigenvalue weighted by Gasteiger charge is -2.12. The van der Waals surface area contributed by atoms with Gasteiger partial charge in [-0.25, -0.2) is 0 Å². The Kier molecular flexibility index (Phi) is 6.81. The van der Waals surface area contributed by atoms with E-state index < -0.39 is 5.91 Å². The first-order valence-electron chi connectivity index (χ1n) is 8.23. The fraction of sp³-hybridized carbons (Fsp3) is 0.0952. The highest BCUT2D eigenvalue weighted by atomic mass is 79.9. The second-order valence-corrected chi connectivity index (χ2v) is 8.55. The standard InChI is InChI=1S/C21H12Br2N2O3S/c1-2-7-25-20(26)18(29-21(25)27)10-13-8-16(22)19(17(23)9-13)28-12-15-6-4-3-5-14(15)11-24/h1,3-6,8-10H,7,12H2. The zero-order valence-corrected chi connectivity index (χ0v) is 18.8. The predicted octanol–water partition coefficient (Wildman–Crippen LogP) is 5.33. The first-order valence-corrected chi connectivity index (χ1v) is 10.6. The maximum absolute atomic E-state index is 12.3. The summed E-state index contributed by atoms with van der Waals surface area (Å²) >= 11 is 7.81. The molecule has 0 saturated carbocycles. The summed E-state index contributed by atoms with van der Waals surface area (Å²) in [4.78, 5) is 25.6. The van der Waals surface area contributed by atoms with E-state index in [1.165, 1.54) is 0 Å². The van der Waals surface area contributed by atoms with Crippen molar-refractivity contribution in [2.45, 2.75) is 6.61 Å². The Bertz CT molecular complexity index is 1090. The van der Waals surface area contributed by atoms with Crippen LogP contribution in [0.15, 0.2) is 50.2 Å². The fourth-order valence-electron chi connectivity index (χ4n) is 2.58. The van der Waals surface area contributed by atoms with Crippen LogP contribution >= 0.6 is 43.6 Å². The molecular weight excluding hydrogens is 520 g/mol. The topological polar surface area (TPSA) is 70.4 Å². The molecule has 1 fully saturated rings. The van der Waals surface area contributed by atoms with E-state index in [0.717, 1.165) is 22.2 Å². The van der Waals surface area contributed by atoms with Crippen molar-refractivity contribution in [2.75, 3.05) is 6.54 Å². The van der Waals surface area contributed by atoms with Crippen LogP contribution in [0.3, 0.4) is 0 Å². The van der Waals surface area contributed by atoms with Crippen molar-refractivity contribution in [1.82, 2.24) is 4.90 Å². The highest BCUT2D eigenvalue weighted by molar-refractivity contribution is 9.11. The van der Waals surface area contributed by atoms with Crippen molar-refractivity contribution in [3.63, 3.8) is 0 Å². The van der Waals surface area contributed by atoms with Crippen LogP contribution < -0.4 is 4.74 Å². The summed E-state index contributed by atoms with van der Waals surface area (Å²) in [5, 5.41) is 8.81. The molecule has 2 amide bonds. The van der Waals surface area contributed by atoms with E-state index in [1.54, 1.807) is 30.3 Å². The third-order valence-electron chi connectivity index (χ3n) is 3.95. The molecule has 0 radical (unpaired) electrons. The van der Waals surface area contributed by atoms with Crippen LogP contribution in [0, 0.1) is 23.7 Å². The molecule has 144 valence electrons. The van der Waals surface area contributed by atoms with Gasteiger partial charge in [0.1, 0.15) is 12.4 Å². The van der Waals surface area contributed by atoms with Gasteiger partial charge in [-0.3, -0.25) is 14.5 Å². The normalized spacial score (nSPS) is 14.8. The van der Waals surface area contributed by atoms with Gasteiger partial charge in [-0.15, -0.1) is 6.42 Å². The maximum Gasteiger partial charge on any atom is 0.294 e. The first kappa shape index (κ1) is 21.2. The summed E-state index contributed by atoms with van der Waals surface area (Å²) in [5.41, 5.74) is 2.04. The number of nitrogens with zero attached hydrogens (tertiary/aromatic N) is 2. The smallest absolute Gasteiger partial charge is 0.294 e. The molecule has 2 aromatic rings. The Morgan fingerprint density at radius 1 is 1.21 bits per heavy atom. The Morgan fingerprint density at radius 2 is 1.90 bits per heavy atom. The van der Waals surface area contributed by atoms with E-state index in [2.05, 4.69) is 43.8 Å². The minimum absolute atomic E-state index is 0.0493. The number of hydrogen-bond acceptors (Lipinski definition) is 5. The Labute approximate surface area is 189 Å². The molecule has 0 aromatic heterocycles. The van der Waals surface area contributed by atoms with Gasteiger partial charge in [0, 0.05) is 5.56 Å². The number of hydrogen-bond donors (Lipinski definition) is 0. The van der Waals surface area contributed by atoms with Gasteiger partial charge in [0.05, 0.1) is 32.0 Å². The molecule has 0 N–H and O–H groups in total. The molecule has 2 aromatic carbocycles. The van der Waals surface area contributed by atoms with Crippen LogP contribution in [0.5, 0.6) is 5.75 Å². The molecule has 0 unspecified atom stereocenters. The zero-order valence-electron chi connectivity index (χ0n) is 14.8. The number of carbonyl (C=O) groups is 2. The van der Waals surface area contributed by atoms with Crippen LogP contribution in [-0.4, -0.2) is 22.6 Å². The molecule has 3 rings (SSSR count). The fourth-order valence-corrected chi connectivity index (χ4v) is 4.87. The van der Waals surface area contributed by atoms with E-state index in [4.69, 9.17) is 11.2 Å². The molecule has 0 atom stereocenters. The van der Waals surface area contributed by atoms with Crippen LogP contribution in [0.25, 0.3) is 6.08 Å². The van der Waals surface area contributed by atoms with E-state index in [1.807, 2.05) is 12.1 Å². The van der Waals surface area contributed by atoms with Crippen molar-refractivity contribution in [2.24, 2.45) is 0 Å². The van der Waals surface area contributed by atoms with Gasteiger partial charge >= 0.3 is 0 Å². The monoisotopic (exact) mass is 530 g/mol. The van der Waals surface area contributed by atoms with Crippen molar-refractivity contribution >= 4 is 60.8 Å². The molecule has 29 heavy (non-hydrogen) atoms. The minimum Gasteiger partial charge on any atom is -0.486 e. The van der Waals surface area contributed by atoms with Gasteiger partial charge in [-0.1, -0.05) is 24.1 Å². The molecule has 1 aliphatic rings. The van der Waals surface area contributed by atoms with E-state index in [-0.39, 0.29) is 18.4 Å². The van der Waals surface area contributed by atoms with Gasteiger partial charge in [-0.2, -0.15) is 5.26 Å². The zero-order chi connectivity index (χ0) is 21.0. The van der Waals surface area contributed by atoms with Crippen molar-refractivity contribution < 1.29 is 14.3 Å². The second-order valence-electron chi connectivity index (χ2n) is 5.84. The Hall–Kier alpha value is -2.52. The van der Waals surface area contributed by atoms with Crippen molar-refractivity contribution in [1.29, 1.82) is 5.26 Å². The van der Waals surface area contributed by atoms with Crippen LogP contribution in [0.4, 0.5) is 4.79 Å². The number of carbonyl (C=O) groups excluding carboxylic acids is 2.